The Morgan fingerprint density at radius 2 is 1.70 bits per heavy atom. The van der Waals surface area contributed by atoms with E-state index in [0.29, 0.717) is 17.9 Å². The molecule has 1 heterocycles. The van der Waals surface area contributed by atoms with Gasteiger partial charge in [0.1, 0.15) is 5.75 Å². The van der Waals surface area contributed by atoms with Crippen molar-refractivity contribution in [3.8, 4) is 5.75 Å². The molecule has 0 radical (unpaired) electrons. The number of nitrogens with one attached hydrogen (secondary N) is 1. The van der Waals surface area contributed by atoms with Crippen LogP contribution in [0.3, 0.4) is 0 Å². The second-order valence-corrected chi connectivity index (χ2v) is 6.45. The van der Waals surface area contributed by atoms with Crippen LogP contribution in [0.25, 0.3) is 0 Å². The Labute approximate surface area is 158 Å². The lowest BCUT2D eigenvalue weighted by Crippen LogP contribution is -2.38. The van der Waals surface area contributed by atoms with Crippen LogP contribution in [-0.2, 0) is 4.79 Å². The maximum Gasteiger partial charge on any atom is 0.343 e. The van der Waals surface area contributed by atoms with Crippen molar-refractivity contribution < 1.29 is 14.3 Å². The van der Waals surface area contributed by atoms with Gasteiger partial charge >= 0.3 is 5.97 Å². The molecule has 1 N–H and O–H groups in total. The highest BCUT2D eigenvalue weighted by Crippen LogP contribution is 2.13. The lowest BCUT2D eigenvalue weighted by atomic mass is 10.1. The SMILES string of the molecule is O=C(CN1CCCCC1)N/N=C/c1ccc(OC(=O)c2ccccc2)cc1. The largest absolute Gasteiger partial charge is 0.423 e. The third kappa shape index (κ3) is 6.04. The molecule has 0 aromatic heterocycles. The molecule has 1 amide bonds. The van der Waals surface area contributed by atoms with Crippen molar-refractivity contribution >= 4 is 18.1 Å². The summed E-state index contributed by atoms with van der Waals surface area (Å²) in [6.07, 6.45) is 5.11. The topological polar surface area (TPSA) is 71.0 Å². The number of piperidine rings is 1. The third-order valence-electron chi connectivity index (χ3n) is 4.32. The van der Waals surface area contributed by atoms with E-state index in [1.807, 2.05) is 6.07 Å². The summed E-state index contributed by atoms with van der Waals surface area (Å²) < 4.78 is 5.32. The Bertz CT molecular complexity index is 782. The van der Waals surface area contributed by atoms with Gasteiger partial charge < -0.3 is 4.74 Å². The van der Waals surface area contributed by atoms with Gasteiger partial charge in [-0.2, -0.15) is 5.10 Å². The summed E-state index contributed by atoms with van der Waals surface area (Å²) in [6, 6.07) is 15.8. The number of rotatable bonds is 6. The maximum absolute atomic E-state index is 12.0. The van der Waals surface area contributed by atoms with Crippen LogP contribution in [0.1, 0.15) is 35.2 Å². The van der Waals surface area contributed by atoms with Crippen LogP contribution >= 0.6 is 0 Å². The molecule has 1 aliphatic heterocycles. The van der Waals surface area contributed by atoms with E-state index in [0.717, 1.165) is 31.5 Å². The normalized spacial score (nSPS) is 14.8. The van der Waals surface area contributed by atoms with Gasteiger partial charge in [-0.15, -0.1) is 0 Å². The molecule has 3 rings (SSSR count). The van der Waals surface area contributed by atoms with Crippen LogP contribution in [0.2, 0.25) is 0 Å². The highest BCUT2D eigenvalue weighted by Gasteiger charge is 2.13. The molecule has 27 heavy (non-hydrogen) atoms. The van der Waals surface area contributed by atoms with Gasteiger partial charge in [0, 0.05) is 0 Å². The number of benzene rings is 2. The summed E-state index contributed by atoms with van der Waals surface area (Å²) in [4.78, 5) is 26.0. The van der Waals surface area contributed by atoms with E-state index in [-0.39, 0.29) is 5.91 Å². The quantitative estimate of drug-likeness (QED) is 0.370. The second-order valence-electron chi connectivity index (χ2n) is 6.45. The second kappa shape index (κ2) is 9.64. The number of hydrazone groups is 1. The molecule has 0 bridgehead atoms. The Hall–Kier alpha value is -2.99. The van der Waals surface area contributed by atoms with Crippen LogP contribution in [-0.4, -0.2) is 42.6 Å². The summed E-state index contributed by atoms with van der Waals surface area (Å²) >= 11 is 0. The molecule has 1 fully saturated rings. The minimum Gasteiger partial charge on any atom is -0.423 e. The van der Waals surface area contributed by atoms with Crippen molar-refractivity contribution in [3.63, 3.8) is 0 Å². The lowest BCUT2D eigenvalue weighted by Gasteiger charge is -2.25. The number of carbonyl (C=O) groups excluding carboxylic acids is 2. The summed E-state index contributed by atoms with van der Waals surface area (Å²) in [5.41, 5.74) is 3.85. The van der Waals surface area contributed by atoms with E-state index in [2.05, 4.69) is 15.4 Å². The smallest absolute Gasteiger partial charge is 0.343 e. The lowest BCUT2D eigenvalue weighted by molar-refractivity contribution is -0.122. The monoisotopic (exact) mass is 365 g/mol. The number of esters is 1. The molecule has 0 unspecified atom stereocenters. The fourth-order valence-corrected chi connectivity index (χ4v) is 2.90. The van der Waals surface area contributed by atoms with Gasteiger partial charge in [-0.1, -0.05) is 24.6 Å². The van der Waals surface area contributed by atoms with E-state index < -0.39 is 5.97 Å². The highest BCUT2D eigenvalue weighted by atomic mass is 16.5. The minimum atomic E-state index is -0.401. The van der Waals surface area contributed by atoms with Crippen molar-refractivity contribution in [3.05, 3.63) is 65.7 Å². The first-order chi connectivity index (χ1) is 13.2. The summed E-state index contributed by atoms with van der Waals surface area (Å²) in [5, 5.41) is 3.99. The molecular formula is C21H23N3O3. The average molecular weight is 365 g/mol. The van der Waals surface area contributed by atoms with E-state index in [1.165, 1.54) is 6.42 Å². The van der Waals surface area contributed by atoms with Crippen LogP contribution in [0.15, 0.2) is 59.7 Å². The van der Waals surface area contributed by atoms with Crippen LogP contribution in [0, 0.1) is 0 Å². The number of hydrogen-bond donors (Lipinski definition) is 1. The van der Waals surface area contributed by atoms with Crippen molar-refractivity contribution in [2.45, 2.75) is 19.3 Å². The predicted molar refractivity (Wildman–Crippen MR) is 104 cm³/mol. The Kier molecular flexibility index (Phi) is 6.71. The summed E-state index contributed by atoms with van der Waals surface area (Å²) in [5.74, 6) is -0.0568. The van der Waals surface area contributed by atoms with Crippen molar-refractivity contribution in [2.75, 3.05) is 19.6 Å². The molecule has 0 spiro atoms. The first kappa shape index (κ1) is 18.8. The Morgan fingerprint density at radius 3 is 2.41 bits per heavy atom. The molecule has 0 saturated carbocycles. The number of nitrogens with zero attached hydrogens (tertiary/aromatic N) is 2. The average Bonchev–Trinajstić information content (AvgIpc) is 2.71. The first-order valence-corrected chi connectivity index (χ1v) is 9.12. The maximum atomic E-state index is 12.0. The molecule has 6 heteroatoms. The molecule has 6 nitrogen and oxygen atoms in total. The van der Waals surface area contributed by atoms with Crippen molar-refractivity contribution in [2.24, 2.45) is 5.10 Å². The number of likely N-dealkylation sites (tertiary alicyclic amines) is 1. The van der Waals surface area contributed by atoms with Gasteiger partial charge in [-0.3, -0.25) is 9.69 Å². The minimum absolute atomic E-state index is 0.110. The number of hydrogen-bond acceptors (Lipinski definition) is 5. The zero-order valence-electron chi connectivity index (χ0n) is 15.1. The standard InChI is InChI=1S/C21H23N3O3/c25-20(16-24-13-5-2-6-14-24)23-22-15-17-9-11-19(12-10-17)27-21(26)18-7-3-1-4-8-18/h1,3-4,7-12,15H,2,5-6,13-14,16H2,(H,23,25)/b22-15+. The first-order valence-electron chi connectivity index (χ1n) is 9.12. The van der Waals surface area contributed by atoms with Gasteiger partial charge in [-0.25, -0.2) is 10.2 Å². The number of ether oxygens (including phenoxy) is 1. The van der Waals surface area contributed by atoms with Crippen molar-refractivity contribution in [1.82, 2.24) is 10.3 Å². The van der Waals surface area contributed by atoms with Gasteiger partial charge in [0.05, 0.1) is 18.3 Å². The molecule has 2 aromatic rings. The molecule has 0 aliphatic carbocycles. The van der Waals surface area contributed by atoms with Gasteiger partial charge in [0.15, 0.2) is 0 Å². The van der Waals surface area contributed by atoms with Crippen LogP contribution in [0.5, 0.6) is 5.75 Å². The zero-order chi connectivity index (χ0) is 18.9. The fourth-order valence-electron chi connectivity index (χ4n) is 2.90. The van der Waals surface area contributed by atoms with E-state index in [1.54, 1.807) is 54.7 Å². The molecule has 0 atom stereocenters. The van der Waals surface area contributed by atoms with Gasteiger partial charge in [0.25, 0.3) is 5.91 Å². The number of carbonyl (C=O) groups is 2. The van der Waals surface area contributed by atoms with E-state index >= 15 is 0 Å². The Balaban J connectivity index is 1.46. The molecular weight excluding hydrogens is 342 g/mol. The van der Waals surface area contributed by atoms with Crippen LogP contribution in [0.4, 0.5) is 0 Å². The molecule has 140 valence electrons. The fraction of sp³-hybridized carbons (Fsp3) is 0.286. The zero-order valence-corrected chi connectivity index (χ0v) is 15.1. The summed E-state index contributed by atoms with van der Waals surface area (Å²) in [7, 11) is 0. The molecule has 1 saturated heterocycles. The van der Waals surface area contributed by atoms with Gasteiger partial charge in [-0.05, 0) is 67.9 Å². The predicted octanol–water partition coefficient (Wildman–Crippen LogP) is 2.84. The third-order valence-corrected chi connectivity index (χ3v) is 4.32. The highest BCUT2D eigenvalue weighted by molar-refractivity contribution is 5.91. The van der Waals surface area contributed by atoms with Gasteiger partial charge in [0.2, 0.25) is 0 Å². The summed E-state index contributed by atoms with van der Waals surface area (Å²) in [6.45, 7) is 2.33. The van der Waals surface area contributed by atoms with E-state index in [4.69, 9.17) is 4.74 Å². The van der Waals surface area contributed by atoms with E-state index in [9.17, 15) is 9.59 Å². The molecule has 1 aliphatic rings. The van der Waals surface area contributed by atoms with Crippen molar-refractivity contribution in [1.29, 1.82) is 0 Å². The van der Waals surface area contributed by atoms with Crippen LogP contribution < -0.4 is 10.2 Å². The molecule has 2 aromatic carbocycles. The number of amides is 1. The Morgan fingerprint density at radius 1 is 1.00 bits per heavy atom.